The number of sulfone groups is 1. The van der Waals surface area contributed by atoms with Crippen LogP contribution < -0.4 is 15.8 Å². The molecule has 0 heterocycles. The van der Waals surface area contributed by atoms with Crippen LogP contribution in [-0.2, 0) is 14.6 Å². The third kappa shape index (κ3) is 5.79. The van der Waals surface area contributed by atoms with E-state index in [2.05, 4.69) is 5.32 Å². The summed E-state index contributed by atoms with van der Waals surface area (Å²) in [5.41, 5.74) is 7.98. The van der Waals surface area contributed by atoms with Gasteiger partial charge in [-0.1, -0.05) is 6.07 Å². The molecule has 0 aliphatic heterocycles. The molecule has 0 saturated carbocycles. The van der Waals surface area contributed by atoms with Gasteiger partial charge < -0.3 is 15.8 Å². The monoisotopic (exact) mass is 362 g/mol. The lowest BCUT2D eigenvalue weighted by Gasteiger charge is -2.10. The van der Waals surface area contributed by atoms with E-state index in [9.17, 15) is 13.2 Å². The summed E-state index contributed by atoms with van der Waals surface area (Å²) >= 11 is 0. The number of carbonyl (C=O) groups excluding carboxylic acids is 1. The number of amides is 1. The Kier molecular flexibility index (Phi) is 6.03. The van der Waals surface area contributed by atoms with Crippen LogP contribution in [-0.4, -0.2) is 27.2 Å². The number of hydrogen-bond donors (Lipinski definition) is 2. The SMILES string of the molecule is Cc1ccc(N)cc1NC(=O)CCCOc1ccc(S(C)(=O)=O)cc1. The van der Waals surface area contributed by atoms with Crippen LogP contribution in [0.5, 0.6) is 5.75 Å². The van der Waals surface area contributed by atoms with Gasteiger partial charge >= 0.3 is 0 Å². The fourth-order valence-corrected chi connectivity index (χ4v) is 2.82. The van der Waals surface area contributed by atoms with E-state index in [1.807, 2.05) is 13.0 Å². The highest BCUT2D eigenvalue weighted by Crippen LogP contribution is 2.19. The minimum Gasteiger partial charge on any atom is -0.494 e. The number of rotatable bonds is 7. The summed E-state index contributed by atoms with van der Waals surface area (Å²) in [4.78, 5) is 12.2. The molecule has 0 aliphatic rings. The molecule has 0 unspecified atom stereocenters. The fraction of sp³-hybridized carbons (Fsp3) is 0.278. The van der Waals surface area contributed by atoms with Crippen molar-refractivity contribution >= 4 is 27.1 Å². The number of nitrogens with two attached hydrogens (primary N) is 1. The molecule has 6 nitrogen and oxygen atoms in total. The minimum absolute atomic E-state index is 0.107. The van der Waals surface area contributed by atoms with Crippen LogP contribution in [0.2, 0.25) is 0 Å². The first-order valence-corrected chi connectivity index (χ1v) is 9.74. The van der Waals surface area contributed by atoms with Crippen LogP contribution >= 0.6 is 0 Å². The molecule has 0 aliphatic carbocycles. The maximum atomic E-state index is 12.0. The van der Waals surface area contributed by atoms with E-state index in [1.54, 1.807) is 24.3 Å². The van der Waals surface area contributed by atoms with Crippen LogP contribution in [0.4, 0.5) is 11.4 Å². The van der Waals surface area contributed by atoms with Gasteiger partial charge in [-0.3, -0.25) is 4.79 Å². The van der Waals surface area contributed by atoms with Crippen molar-refractivity contribution in [2.45, 2.75) is 24.7 Å². The van der Waals surface area contributed by atoms with Gasteiger partial charge in [0, 0.05) is 24.1 Å². The van der Waals surface area contributed by atoms with Gasteiger partial charge in [-0.05, 0) is 55.3 Å². The first-order valence-electron chi connectivity index (χ1n) is 7.84. The second kappa shape index (κ2) is 8.02. The molecule has 0 spiro atoms. The highest BCUT2D eigenvalue weighted by molar-refractivity contribution is 7.90. The predicted molar refractivity (Wildman–Crippen MR) is 98.5 cm³/mol. The molecular weight excluding hydrogens is 340 g/mol. The van der Waals surface area contributed by atoms with E-state index in [4.69, 9.17) is 10.5 Å². The quantitative estimate of drug-likeness (QED) is 0.583. The van der Waals surface area contributed by atoms with Crippen molar-refractivity contribution in [3.8, 4) is 5.75 Å². The molecule has 0 bridgehead atoms. The Bertz CT molecular complexity index is 846. The van der Waals surface area contributed by atoms with Crippen LogP contribution in [0.1, 0.15) is 18.4 Å². The van der Waals surface area contributed by atoms with Crippen molar-refractivity contribution in [3.05, 3.63) is 48.0 Å². The molecule has 0 aromatic heterocycles. The Labute approximate surface area is 147 Å². The van der Waals surface area contributed by atoms with Gasteiger partial charge in [0.1, 0.15) is 5.75 Å². The van der Waals surface area contributed by atoms with Gasteiger partial charge in [0.05, 0.1) is 11.5 Å². The molecule has 1 amide bonds. The number of nitrogen functional groups attached to an aromatic ring is 1. The van der Waals surface area contributed by atoms with Crippen LogP contribution in [0.15, 0.2) is 47.4 Å². The molecule has 3 N–H and O–H groups in total. The van der Waals surface area contributed by atoms with Crippen molar-refractivity contribution in [2.75, 3.05) is 23.9 Å². The second-order valence-corrected chi connectivity index (χ2v) is 7.83. The van der Waals surface area contributed by atoms with Gasteiger partial charge in [-0.15, -0.1) is 0 Å². The average molecular weight is 362 g/mol. The highest BCUT2D eigenvalue weighted by Gasteiger charge is 2.07. The zero-order valence-corrected chi connectivity index (χ0v) is 15.1. The summed E-state index contributed by atoms with van der Waals surface area (Å²) < 4.78 is 28.3. The van der Waals surface area contributed by atoms with E-state index < -0.39 is 9.84 Å². The van der Waals surface area contributed by atoms with Gasteiger partial charge in [0.25, 0.3) is 0 Å². The van der Waals surface area contributed by atoms with Crippen LogP contribution in [0.25, 0.3) is 0 Å². The molecule has 0 atom stereocenters. The number of anilines is 2. The molecule has 134 valence electrons. The molecule has 2 rings (SSSR count). The summed E-state index contributed by atoms with van der Waals surface area (Å²) in [5, 5.41) is 2.83. The van der Waals surface area contributed by atoms with E-state index >= 15 is 0 Å². The standard InChI is InChI=1S/C18H22N2O4S/c1-13-5-6-14(19)12-17(13)20-18(21)4-3-11-24-15-7-9-16(10-8-15)25(2,22)23/h5-10,12H,3-4,11,19H2,1-2H3,(H,20,21). The normalized spacial score (nSPS) is 11.1. The number of ether oxygens (including phenoxy) is 1. The summed E-state index contributed by atoms with van der Waals surface area (Å²) in [6.07, 6.45) is 2.01. The zero-order valence-electron chi connectivity index (χ0n) is 14.3. The third-order valence-corrected chi connectivity index (χ3v) is 4.73. The number of carbonyl (C=O) groups is 1. The first-order chi connectivity index (χ1) is 11.8. The molecule has 0 saturated heterocycles. The van der Waals surface area contributed by atoms with E-state index in [-0.39, 0.29) is 10.8 Å². The number of aryl methyl sites for hydroxylation is 1. The largest absolute Gasteiger partial charge is 0.494 e. The van der Waals surface area contributed by atoms with E-state index in [1.165, 1.54) is 12.1 Å². The van der Waals surface area contributed by atoms with Crippen molar-refractivity contribution in [1.82, 2.24) is 0 Å². The third-order valence-electron chi connectivity index (χ3n) is 3.60. The van der Waals surface area contributed by atoms with Crippen LogP contribution in [0.3, 0.4) is 0 Å². The maximum absolute atomic E-state index is 12.0. The number of hydrogen-bond acceptors (Lipinski definition) is 5. The summed E-state index contributed by atoms with van der Waals surface area (Å²) in [6, 6.07) is 11.6. The molecule has 2 aromatic carbocycles. The second-order valence-electron chi connectivity index (χ2n) is 5.82. The van der Waals surface area contributed by atoms with Crippen molar-refractivity contribution < 1.29 is 17.9 Å². The molecule has 0 fully saturated rings. The lowest BCUT2D eigenvalue weighted by atomic mass is 10.1. The lowest BCUT2D eigenvalue weighted by molar-refractivity contribution is -0.116. The molecule has 0 radical (unpaired) electrons. The Morgan fingerprint density at radius 1 is 1.16 bits per heavy atom. The molecule has 2 aromatic rings. The zero-order chi connectivity index (χ0) is 18.4. The lowest BCUT2D eigenvalue weighted by Crippen LogP contribution is -2.13. The van der Waals surface area contributed by atoms with Crippen LogP contribution in [0, 0.1) is 6.92 Å². The van der Waals surface area contributed by atoms with E-state index in [0.717, 1.165) is 11.8 Å². The fourth-order valence-electron chi connectivity index (χ4n) is 2.19. The Hall–Kier alpha value is -2.54. The molecular formula is C18H22N2O4S. The Morgan fingerprint density at radius 3 is 2.48 bits per heavy atom. The Morgan fingerprint density at radius 2 is 1.84 bits per heavy atom. The number of nitrogens with one attached hydrogen (secondary N) is 1. The minimum atomic E-state index is -3.21. The predicted octanol–water partition coefficient (Wildman–Crippen LogP) is 2.78. The van der Waals surface area contributed by atoms with Gasteiger partial charge in [0.2, 0.25) is 5.91 Å². The molecule has 25 heavy (non-hydrogen) atoms. The van der Waals surface area contributed by atoms with Crippen molar-refractivity contribution in [3.63, 3.8) is 0 Å². The first kappa shape index (κ1) is 18.8. The molecule has 7 heteroatoms. The van der Waals surface area contributed by atoms with Crippen molar-refractivity contribution in [1.29, 1.82) is 0 Å². The van der Waals surface area contributed by atoms with Gasteiger partial charge in [-0.2, -0.15) is 0 Å². The smallest absolute Gasteiger partial charge is 0.224 e. The Balaban J connectivity index is 1.77. The summed E-state index contributed by atoms with van der Waals surface area (Å²) in [7, 11) is -3.21. The van der Waals surface area contributed by atoms with E-state index in [0.29, 0.717) is 36.6 Å². The topological polar surface area (TPSA) is 98.5 Å². The maximum Gasteiger partial charge on any atom is 0.224 e. The number of benzene rings is 2. The highest BCUT2D eigenvalue weighted by atomic mass is 32.2. The van der Waals surface area contributed by atoms with Gasteiger partial charge in [0.15, 0.2) is 9.84 Å². The summed E-state index contributed by atoms with van der Waals surface area (Å²) in [5.74, 6) is 0.462. The summed E-state index contributed by atoms with van der Waals surface area (Å²) in [6.45, 7) is 2.26. The van der Waals surface area contributed by atoms with Gasteiger partial charge in [-0.25, -0.2) is 8.42 Å². The van der Waals surface area contributed by atoms with Crippen molar-refractivity contribution in [2.24, 2.45) is 0 Å². The average Bonchev–Trinajstić information content (AvgIpc) is 2.55.